The number of halogens is 1. The number of sulfonamides is 1. The molecule has 0 aliphatic carbocycles. The number of hydrogen-bond donors (Lipinski definition) is 1. The van der Waals surface area contributed by atoms with Crippen molar-refractivity contribution >= 4 is 31.6 Å². The number of nitrogens with zero attached hydrogens (tertiary/aromatic N) is 4. The second-order valence-corrected chi connectivity index (χ2v) is 7.87. The van der Waals surface area contributed by atoms with Crippen LogP contribution in [0.15, 0.2) is 51.8 Å². The monoisotopic (exact) mass is 437 g/mol. The first-order valence-corrected chi connectivity index (χ1v) is 9.95. The van der Waals surface area contributed by atoms with Gasteiger partial charge in [-0.25, -0.2) is 13.1 Å². The van der Waals surface area contributed by atoms with Crippen LogP contribution >= 0.6 is 15.9 Å². The molecule has 3 rings (SSSR count). The fourth-order valence-corrected chi connectivity index (χ4v) is 4.06. The predicted octanol–water partition coefficient (Wildman–Crippen LogP) is 2.93. The molecule has 0 unspecified atom stereocenters. The highest BCUT2D eigenvalue weighted by Crippen LogP contribution is 2.30. The van der Waals surface area contributed by atoms with Crippen molar-refractivity contribution < 1.29 is 13.2 Å². The van der Waals surface area contributed by atoms with Gasteiger partial charge in [-0.1, -0.05) is 22.0 Å². The third-order valence-electron chi connectivity index (χ3n) is 3.62. The average Bonchev–Trinajstić information content (AvgIpc) is 3.09. The van der Waals surface area contributed by atoms with Crippen LogP contribution in [0.2, 0.25) is 0 Å². The summed E-state index contributed by atoms with van der Waals surface area (Å²) in [5, 5.41) is 11.5. The molecule has 0 radical (unpaired) electrons. The number of aryl methyl sites for hydroxylation is 1. The van der Waals surface area contributed by atoms with E-state index in [0.29, 0.717) is 23.6 Å². The molecule has 0 amide bonds. The maximum Gasteiger partial charge on any atom is 0.265 e. The Hall–Kier alpha value is -2.46. The van der Waals surface area contributed by atoms with Gasteiger partial charge in [0.2, 0.25) is 0 Å². The first-order chi connectivity index (χ1) is 12.4. The van der Waals surface area contributed by atoms with E-state index < -0.39 is 10.0 Å². The second kappa shape index (κ2) is 7.42. The Balaban J connectivity index is 2.06. The van der Waals surface area contributed by atoms with Crippen molar-refractivity contribution in [2.24, 2.45) is 0 Å². The average molecular weight is 438 g/mol. The fourth-order valence-electron chi connectivity index (χ4n) is 2.41. The molecule has 0 saturated carbocycles. The van der Waals surface area contributed by atoms with Gasteiger partial charge in [0.25, 0.3) is 10.0 Å². The van der Waals surface area contributed by atoms with E-state index in [1.54, 1.807) is 35.0 Å². The Bertz CT molecular complexity index is 1040. The second-order valence-electron chi connectivity index (χ2n) is 5.30. The summed E-state index contributed by atoms with van der Waals surface area (Å²) in [4.78, 5) is 0.00290. The standard InChI is InChI=1S/C16H16BrN5O3S/c1-3-22-16(18-20-21-22)11-7-8-14(25-2)15(9-11)26(23,24)19-13-6-4-5-12(17)10-13/h4-10,19H,3H2,1-2H3. The number of aromatic nitrogens is 4. The van der Waals surface area contributed by atoms with Crippen LogP contribution in [0.25, 0.3) is 11.4 Å². The van der Waals surface area contributed by atoms with E-state index in [2.05, 4.69) is 36.2 Å². The summed E-state index contributed by atoms with van der Waals surface area (Å²) >= 11 is 3.32. The lowest BCUT2D eigenvalue weighted by molar-refractivity contribution is 0.403. The van der Waals surface area contributed by atoms with Gasteiger partial charge in [-0.15, -0.1) is 5.10 Å². The molecule has 1 N–H and O–H groups in total. The molecular formula is C16H16BrN5O3S. The molecular weight excluding hydrogens is 422 g/mol. The molecule has 1 heterocycles. The zero-order chi connectivity index (χ0) is 18.7. The first-order valence-electron chi connectivity index (χ1n) is 7.67. The first kappa shape index (κ1) is 18.3. The maximum atomic E-state index is 12.9. The van der Waals surface area contributed by atoms with Crippen LogP contribution in [0, 0.1) is 0 Å². The van der Waals surface area contributed by atoms with E-state index in [-0.39, 0.29) is 10.6 Å². The molecule has 0 fully saturated rings. The van der Waals surface area contributed by atoms with Crippen LogP contribution in [0.3, 0.4) is 0 Å². The van der Waals surface area contributed by atoms with Gasteiger partial charge in [0, 0.05) is 22.3 Å². The summed E-state index contributed by atoms with van der Waals surface area (Å²) in [6.07, 6.45) is 0. The van der Waals surface area contributed by atoms with Crippen molar-refractivity contribution in [2.45, 2.75) is 18.4 Å². The molecule has 0 aliphatic heterocycles. The number of methoxy groups -OCH3 is 1. The number of rotatable bonds is 6. The number of ether oxygens (including phenoxy) is 1. The Morgan fingerprint density at radius 3 is 2.73 bits per heavy atom. The summed E-state index contributed by atoms with van der Waals surface area (Å²) in [6, 6.07) is 11.7. The molecule has 10 heteroatoms. The summed E-state index contributed by atoms with van der Waals surface area (Å²) in [5.41, 5.74) is 1.01. The molecule has 0 saturated heterocycles. The molecule has 2 aromatic carbocycles. The quantitative estimate of drug-likeness (QED) is 0.636. The molecule has 3 aromatic rings. The highest BCUT2D eigenvalue weighted by atomic mass is 79.9. The Morgan fingerprint density at radius 2 is 2.04 bits per heavy atom. The minimum atomic E-state index is -3.88. The topological polar surface area (TPSA) is 99.0 Å². The zero-order valence-electron chi connectivity index (χ0n) is 14.0. The molecule has 0 spiro atoms. The Kier molecular flexibility index (Phi) is 5.23. The third kappa shape index (κ3) is 3.70. The Labute approximate surface area is 159 Å². The van der Waals surface area contributed by atoms with E-state index in [1.165, 1.54) is 13.2 Å². The van der Waals surface area contributed by atoms with Crippen molar-refractivity contribution in [3.05, 3.63) is 46.9 Å². The largest absolute Gasteiger partial charge is 0.495 e. The minimum absolute atomic E-state index is 0.00290. The van der Waals surface area contributed by atoms with Gasteiger partial charge in [-0.3, -0.25) is 4.72 Å². The summed E-state index contributed by atoms with van der Waals surface area (Å²) < 4.78 is 35.9. The van der Waals surface area contributed by atoms with Gasteiger partial charge < -0.3 is 4.74 Å². The van der Waals surface area contributed by atoms with Crippen LogP contribution < -0.4 is 9.46 Å². The number of benzene rings is 2. The predicted molar refractivity (Wildman–Crippen MR) is 100 cm³/mol. The van der Waals surface area contributed by atoms with Gasteiger partial charge in [-0.2, -0.15) is 0 Å². The molecule has 8 nitrogen and oxygen atoms in total. The van der Waals surface area contributed by atoms with Gasteiger partial charge in [0.05, 0.1) is 7.11 Å². The van der Waals surface area contributed by atoms with Crippen LogP contribution in [0.1, 0.15) is 6.92 Å². The van der Waals surface area contributed by atoms with E-state index in [9.17, 15) is 8.42 Å². The van der Waals surface area contributed by atoms with Gasteiger partial charge in [0.15, 0.2) is 5.82 Å². The summed E-state index contributed by atoms with van der Waals surface area (Å²) in [5.74, 6) is 0.709. The molecule has 26 heavy (non-hydrogen) atoms. The molecule has 136 valence electrons. The maximum absolute atomic E-state index is 12.9. The van der Waals surface area contributed by atoms with Gasteiger partial charge in [-0.05, 0) is 53.7 Å². The van der Waals surface area contributed by atoms with Crippen molar-refractivity contribution in [2.75, 3.05) is 11.8 Å². The van der Waals surface area contributed by atoms with Crippen molar-refractivity contribution in [3.8, 4) is 17.1 Å². The highest BCUT2D eigenvalue weighted by molar-refractivity contribution is 9.10. The molecule has 0 bridgehead atoms. The number of nitrogens with one attached hydrogen (secondary N) is 1. The lowest BCUT2D eigenvalue weighted by Gasteiger charge is -2.13. The Morgan fingerprint density at radius 1 is 1.23 bits per heavy atom. The third-order valence-corrected chi connectivity index (χ3v) is 5.52. The number of tetrazole rings is 1. The van der Waals surface area contributed by atoms with Crippen molar-refractivity contribution in [3.63, 3.8) is 0 Å². The number of hydrogen-bond acceptors (Lipinski definition) is 6. The summed E-state index contributed by atoms with van der Waals surface area (Å²) in [7, 11) is -2.46. The minimum Gasteiger partial charge on any atom is -0.495 e. The summed E-state index contributed by atoms with van der Waals surface area (Å²) in [6.45, 7) is 2.46. The molecule has 0 aliphatic rings. The van der Waals surface area contributed by atoms with E-state index >= 15 is 0 Å². The van der Waals surface area contributed by atoms with Crippen molar-refractivity contribution in [1.82, 2.24) is 20.2 Å². The lowest BCUT2D eigenvalue weighted by Crippen LogP contribution is -2.14. The van der Waals surface area contributed by atoms with Crippen LogP contribution in [-0.4, -0.2) is 35.7 Å². The molecule has 1 aromatic heterocycles. The normalized spacial score (nSPS) is 11.3. The molecule has 0 atom stereocenters. The zero-order valence-corrected chi connectivity index (χ0v) is 16.5. The van der Waals surface area contributed by atoms with Crippen LogP contribution in [0.4, 0.5) is 5.69 Å². The fraction of sp³-hybridized carbons (Fsp3) is 0.188. The van der Waals surface area contributed by atoms with Gasteiger partial charge in [0.1, 0.15) is 10.6 Å². The van der Waals surface area contributed by atoms with Crippen LogP contribution in [-0.2, 0) is 16.6 Å². The SMILES string of the molecule is CCn1nnnc1-c1ccc(OC)c(S(=O)(=O)Nc2cccc(Br)c2)c1. The lowest BCUT2D eigenvalue weighted by atomic mass is 10.2. The van der Waals surface area contributed by atoms with E-state index in [1.807, 2.05) is 13.0 Å². The smallest absolute Gasteiger partial charge is 0.265 e. The van der Waals surface area contributed by atoms with Gasteiger partial charge >= 0.3 is 0 Å². The van der Waals surface area contributed by atoms with E-state index in [0.717, 1.165) is 4.47 Å². The van der Waals surface area contributed by atoms with E-state index in [4.69, 9.17) is 4.74 Å². The number of anilines is 1. The van der Waals surface area contributed by atoms with Crippen molar-refractivity contribution in [1.29, 1.82) is 0 Å². The highest BCUT2D eigenvalue weighted by Gasteiger charge is 2.22. The van der Waals surface area contributed by atoms with Crippen LogP contribution in [0.5, 0.6) is 5.75 Å².